The molecular formula is C22H22O13. The van der Waals surface area contributed by atoms with Gasteiger partial charge in [0.05, 0.1) is 13.2 Å². The number of methoxy groups -OCH3 is 1. The Morgan fingerprint density at radius 1 is 0.829 bits per heavy atom. The summed E-state index contributed by atoms with van der Waals surface area (Å²) in [5.41, 5.74) is -1.69. The number of aliphatic hydroxyl groups is 3. The van der Waals surface area contributed by atoms with Crippen molar-refractivity contribution < 1.29 is 59.5 Å². The Balaban J connectivity index is 2.01. The van der Waals surface area contributed by atoms with E-state index in [0.717, 1.165) is 25.3 Å². The number of hydrogen-bond acceptors (Lipinski definition) is 13. The van der Waals surface area contributed by atoms with Gasteiger partial charge in [0.25, 0.3) is 0 Å². The van der Waals surface area contributed by atoms with Gasteiger partial charge in [-0.2, -0.15) is 0 Å². The van der Waals surface area contributed by atoms with Gasteiger partial charge in [-0.15, -0.1) is 0 Å². The van der Waals surface area contributed by atoms with Crippen LogP contribution in [-0.4, -0.2) is 78.7 Å². The largest absolute Gasteiger partial charge is 0.507 e. The summed E-state index contributed by atoms with van der Waals surface area (Å²) < 4.78 is 21.7. The van der Waals surface area contributed by atoms with Crippen molar-refractivity contribution in [2.24, 2.45) is 0 Å². The molecule has 0 spiro atoms. The van der Waals surface area contributed by atoms with Crippen molar-refractivity contribution in [3.8, 4) is 51.6 Å². The maximum absolute atomic E-state index is 13.5. The lowest BCUT2D eigenvalue weighted by atomic mass is 10.00. The van der Waals surface area contributed by atoms with Gasteiger partial charge < -0.3 is 59.5 Å². The van der Waals surface area contributed by atoms with Gasteiger partial charge in [-0.25, -0.2) is 0 Å². The lowest BCUT2D eigenvalue weighted by Gasteiger charge is -2.38. The summed E-state index contributed by atoms with van der Waals surface area (Å²) in [5.74, 6) is -5.27. The van der Waals surface area contributed by atoms with E-state index in [2.05, 4.69) is 0 Å². The molecule has 188 valence electrons. The number of benzene rings is 2. The summed E-state index contributed by atoms with van der Waals surface area (Å²) in [6.07, 6.45) is -7.72. The molecule has 2 heterocycles. The highest BCUT2D eigenvalue weighted by atomic mass is 16.7. The molecule has 1 fully saturated rings. The molecule has 4 rings (SSSR count). The Bertz CT molecular complexity index is 1320. The minimum Gasteiger partial charge on any atom is -0.507 e. The van der Waals surface area contributed by atoms with Crippen LogP contribution in [0.2, 0.25) is 0 Å². The number of phenols is 5. The first-order chi connectivity index (χ1) is 16.5. The first-order valence-corrected chi connectivity index (χ1v) is 10.2. The van der Waals surface area contributed by atoms with E-state index in [1.165, 1.54) is 6.92 Å². The average molecular weight is 494 g/mol. The molecular weight excluding hydrogens is 472 g/mol. The van der Waals surface area contributed by atoms with E-state index >= 15 is 0 Å². The van der Waals surface area contributed by atoms with Crippen molar-refractivity contribution in [2.45, 2.75) is 37.6 Å². The topological polar surface area (TPSA) is 220 Å². The molecule has 8 N–H and O–H groups in total. The lowest BCUT2D eigenvalue weighted by Crippen LogP contribution is -2.58. The number of ether oxygens (including phenoxy) is 3. The smallest absolute Gasteiger partial charge is 0.239 e. The Morgan fingerprint density at radius 3 is 2.06 bits per heavy atom. The fourth-order valence-electron chi connectivity index (χ4n) is 3.75. The molecule has 5 unspecified atom stereocenters. The highest BCUT2D eigenvalue weighted by Gasteiger charge is 2.44. The molecule has 0 bridgehead atoms. The second-order valence-electron chi connectivity index (χ2n) is 7.90. The van der Waals surface area contributed by atoms with Crippen LogP contribution >= 0.6 is 0 Å². The van der Waals surface area contributed by atoms with E-state index in [1.54, 1.807) is 0 Å². The van der Waals surface area contributed by atoms with Crippen LogP contribution in [0, 0.1) is 0 Å². The summed E-state index contributed by atoms with van der Waals surface area (Å²) in [6.45, 7) is 1.38. The number of hydrogen-bond donors (Lipinski definition) is 8. The first-order valence-electron chi connectivity index (χ1n) is 10.2. The Morgan fingerprint density at radius 2 is 1.46 bits per heavy atom. The van der Waals surface area contributed by atoms with Gasteiger partial charge in [-0.05, 0) is 19.1 Å². The molecule has 2 aromatic carbocycles. The van der Waals surface area contributed by atoms with Crippen LogP contribution in [0.1, 0.15) is 6.92 Å². The Hall–Kier alpha value is -3.91. The van der Waals surface area contributed by atoms with Crippen LogP contribution in [0.3, 0.4) is 0 Å². The molecule has 0 radical (unpaired) electrons. The fourth-order valence-corrected chi connectivity index (χ4v) is 3.75. The zero-order chi connectivity index (χ0) is 25.8. The minimum atomic E-state index is -1.83. The Kier molecular flexibility index (Phi) is 6.02. The van der Waals surface area contributed by atoms with E-state index in [4.69, 9.17) is 18.6 Å². The van der Waals surface area contributed by atoms with Crippen LogP contribution in [0.4, 0.5) is 0 Å². The monoisotopic (exact) mass is 494 g/mol. The van der Waals surface area contributed by atoms with Gasteiger partial charge in [0, 0.05) is 11.6 Å². The van der Waals surface area contributed by atoms with E-state index in [9.17, 15) is 45.6 Å². The molecule has 1 aliphatic rings. The molecule has 1 aromatic heterocycles. The van der Waals surface area contributed by atoms with Gasteiger partial charge in [0.15, 0.2) is 34.3 Å². The predicted molar refractivity (Wildman–Crippen MR) is 116 cm³/mol. The SMILES string of the molecule is COc1c(O)cc(O)c2c(=O)c(OC3OC(C)C(O)C(O)C3O)c(-c3cc(O)c(O)c(O)c3)oc12. The summed E-state index contributed by atoms with van der Waals surface area (Å²) in [7, 11) is 1.16. The summed E-state index contributed by atoms with van der Waals surface area (Å²) in [4.78, 5) is 13.5. The van der Waals surface area contributed by atoms with E-state index in [-0.39, 0.29) is 11.3 Å². The van der Waals surface area contributed by atoms with Gasteiger partial charge in [0.1, 0.15) is 29.4 Å². The summed E-state index contributed by atoms with van der Waals surface area (Å²) >= 11 is 0. The van der Waals surface area contributed by atoms with E-state index < -0.39 is 87.4 Å². The van der Waals surface area contributed by atoms with Gasteiger partial charge >= 0.3 is 0 Å². The van der Waals surface area contributed by atoms with Crippen LogP contribution in [0.25, 0.3) is 22.3 Å². The molecule has 1 saturated heterocycles. The number of aromatic hydroxyl groups is 5. The number of phenolic OH excluding ortho intramolecular Hbond substituents is 5. The summed E-state index contributed by atoms with van der Waals surface area (Å²) in [6, 6.07) is 2.66. The van der Waals surface area contributed by atoms with Gasteiger partial charge in [-0.1, -0.05) is 0 Å². The maximum Gasteiger partial charge on any atom is 0.239 e. The second kappa shape index (κ2) is 8.70. The van der Waals surface area contributed by atoms with Crippen molar-refractivity contribution in [1.82, 2.24) is 0 Å². The normalized spacial score (nSPS) is 24.4. The lowest BCUT2D eigenvalue weighted by molar-refractivity contribution is -0.268. The first kappa shape index (κ1) is 24.2. The molecule has 5 atom stereocenters. The van der Waals surface area contributed by atoms with E-state index in [0.29, 0.717) is 0 Å². The van der Waals surface area contributed by atoms with Gasteiger partial charge in [0.2, 0.25) is 23.2 Å². The third kappa shape index (κ3) is 3.89. The predicted octanol–water partition coefficient (Wildman–Crippen LogP) is 0.203. The maximum atomic E-state index is 13.5. The van der Waals surface area contributed by atoms with Crippen molar-refractivity contribution in [2.75, 3.05) is 7.11 Å². The van der Waals surface area contributed by atoms with Crippen molar-refractivity contribution in [1.29, 1.82) is 0 Å². The molecule has 13 nitrogen and oxygen atoms in total. The van der Waals surface area contributed by atoms with E-state index in [1.807, 2.05) is 0 Å². The third-order valence-electron chi connectivity index (χ3n) is 5.62. The quantitative estimate of drug-likeness (QED) is 0.228. The molecule has 3 aromatic rings. The van der Waals surface area contributed by atoms with Crippen molar-refractivity contribution in [3.05, 3.63) is 28.4 Å². The number of rotatable bonds is 4. The number of fused-ring (bicyclic) bond motifs is 1. The molecule has 0 aliphatic carbocycles. The molecule has 0 amide bonds. The standard InChI is InChI=1S/C22H22O13/c1-6-13(27)16(30)17(31)22(33-6)35-21-15(29)12-8(23)5-11(26)19(32-2)20(12)34-18(21)7-3-9(24)14(28)10(25)4-7/h3-6,13,16-17,22-28,30-31H,1-2H3. The Labute approximate surface area is 195 Å². The molecule has 1 aliphatic heterocycles. The second-order valence-corrected chi connectivity index (χ2v) is 7.90. The van der Waals surface area contributed by atoms with Crippen LogP contribution in [0.5, 0.6) is 40.2 Å². The average Bonchev–Trinajstić information content (AvgIpc) is 2.80. The van der Waals surface area contributed by atoms with Crippen LogP contribution < -0.4 is 14.9 Å². The highest BCUT2D eigenvalue weighted by molar-refractivity contribution is 5.93. The third-order valence-corrected chi connectivity index (χ3v) is 5.62. The van der Waals surface area contributed by atoms with Crippen molar-refractivity contribution in [3.63, 3.8) is 0 Å². The molecule has 35 heavy (non-hydrogen) atoms. The minimum absolute atomic E-state index is 0.212. The van der Waals surface area contributed by atoms with Crippen molar-refractivity contribution >= 4 is 11.0 Å². The molecule has 13 heteroatoms. The highest BCUT2D eigenvalue weighted by Crippen LogP contribution is 2.45. The van der Waals surface area contributed by atoms with Crippen LogP contribution in [0.15, 0.2) is 27.4 Å². The summed E-state index contributed by atoms with van der Waals surface area (Å²) in [5, 5.41) is 79.9. The zero-order valence-corrected chi connectivity index (χ0v) is 18.2. The number of aliphatic hydroxyl groups excluding tert-OH is 3. The molecule has 0 saturated carbocycles. The zero-order valence-electron chi connectivity index (χ0n) is 18.2. The fraction of sp³-hybridized carbons (Fsp3) is 0.318. The van der Waals surface area contributed by atoms with Gasteiger partial charge in [-0.3, -0.25) is 4.79 Å². The van der Waals surface area contributed by atoms with Crippen LogP contribution in [-0.2, 0) is 4.74 Å².